The molecule has 0 aliphatic carbocycles. The van der Waals surface area contributed by atoms with Crippen LogP contribution in [0.2, 0.25) is 0 Å². The zero-order valence-electron chi connectivity index (χ0n) is 15.9. The van der Waals surface area contributed by atoms with E-state index in [1.807, 2.05) is 12.1 Å². The van der Waals surface area contributed by atoms with Crippen LogP contribution in [0.5, 0.6) is 0 Å². The molecule has 0 heterocycles. The van der Waals surface area contributed by atoms with Crippen molar-refractivity contribution in [2.75, 3.05) is 23.7 Å². The molecule has 0 aliphatic rings. The lowest BCUT2D eigenvalue weighted by atomic mass is 9.98. The molecule has 0 fully saturated rings. The van der Waals surface area contributed by atoms with Crippen LogP contribution in [-0.4, -0.2) is 13.1 Å². The maximum Gasteiger partial charge on any atom is 0.0365 e. The molecule has 0 radical (unpaired) electrons. The summed E-state index contributed by atoms with van der Waals surface area (Å²) in [4.78, 5) is 2.33. The van der Waals surface area contributed by atoms with E-state index in [9.17, 15) is 0 Å². The van der Waals surface area contributed by atoms with Crippen molar-refractivity contribution in [1.82, 2.24) is 0 Å². The number of rotatable bonds is 7. The predicted octanol–water partition coefficient (Wildman–Crippen LogP) is 5.71. The number of nitrogens with zero attached hydrogens (tertiary/aromatic N) is 1. The van der Waals surface area contributed by atoms with Crippen LogP contribution in [0, 0.1) is 0 Å². The van der Waals surface area contributed by atoms with Crippen LogP contribution in [0.15, 0.2) is 48.5 Å². The third-order valence-corrected chi connectivity index (χ3v) is 4.21. The molecule has 24 heavy (non-hydrogen) atoms. The van der Waals surface area contributed by atoms with Crippen LogP contribution in [0.1, 0.15) is 51.7 Å². The smallest absolute Gasteiger partial charge is 0.0365 e. The largest absolute Gasteiger partial charge is 0.398 e. The Kier molecular flexibility index (Phi) is 9.67. The lowest BCUT2D eigenvalue weighted by molar-refractivity contribution is 0.863. The normalized spacial score (nSPS) is 10.0. The number of hydrogen-bond acceptors (Lipinski definition) is 2. The van der Waals surface area contributed by atoms with Crippen LogP contribution in [0.25, 0.3) is 0 Å². The van der Waals surface area contributed by atoms with E-state index in [2.05, 4.69) is 69.0 Å². The van der Waals surface area contributed by atoms with E-state index < -0.39 is 0 Å². The average molecular weight is 327 g/mol. The second-order valence-corrected chi connectivity index (χ2v) is 5.99. The molecular weight excluding hydrogens is 292 g/mol. The molecule has 0 saturated heterocycles. The second-order valence-electron chi connectivity index (χ2n) is 5.99. The summed E-state index contributed by atoms with van der Waals surface area (Å²) in [5, 5.41) is 0. The SMILES string of the molecule is CCCc1cccc(N)c1CCC.CCN(CC)c1ccccc1. The Morgan fingerprint density at radius 3 is 1.92 bits per heavy atom. The summed E-state index contributed by atoms with van der Waals surface area (Å²) in [7, 11) is 0. The zero-order valence-corrected chi connectivity index (χ0v) is 15.9. The summed E-state index contributed by atoms with van der Waals surface area (Å²) < 4.78 is 0. The predicted molar refractivity (Wildman–Crippen MR) is 109 cm³/mol. The molecule has 2 heteroatoms. The van der Waals surface area contributed by atoms with E-state index in [-0.39, 0.29) is 0 Å². The maximum atomic E-state index is 5.94. The summed E-state index contributed by atoms with van der Waals surface area (Å²) in [5.41, 5.74) is 11.0. The fourth-order valence-electron chi connectivity index (χ4n) is 2.94. The molecule has 0 atom stereocenters. The van der Waals surface area contributed by atoms with Crippen molar-refractivity contribution in [3.8, 4) is 0 Å². The number of nitrogen functional groups attached to an aromatic ring is 1. The van der Waals surface area contributed by atoms with E-state index in [4.69, 9.17) is 5.73 Å². The first-order valence-electron chi connectivity index (χ1n) is 9.33. The standard InChI is InChI=1S/C12H19N.C10H15N/c1-3-6-10-8-5-9-12(13)11(10)7-4-2;1-3-11(4-2)10-8-6-5-7-9-10/h5,8-9H,3-4,6-7,13H2,1-2H3;5-9H,3-4H2,1-2H3. The molecule has 0 amide bonds. The quantitative estimate of drug-likeness (QED) is 0.661. The van der Waals surface area contributed by atoms with Gasteiger partial charge < -0.3 is 10.6 Å². The minimum atomic E-state index is 0.966. The van der Waals surface area contributed by atoms with E-state index in [0.29, 0.717) is 0 Å². The van der Waals surface area contributed by atoms with Gasteiger partial charge in [0.05, 0.1) is 0 Å². The molecule has 2 aromatic carbocycles. The molecule has 2 aromatic rings. The number of para-hydroxylation sites is 1. The van der Waals surface area contributed by atoms with E-state index in [1.165, 1.54) is 29.7 Å². The molecule has 0 spiro atoms. The van der Waals surface area contributed by atoms with Gasteiger partial charge in [0.15, 0.2) is 0 Å². The van der Waals surface area contributed by atoms with Gasteiger partial charge in [0.2, 0.25) is 0 Å². The molecule has 0 saturated carbocycles. The Balaban J connectivity index is 0.000000243. The Morgan fingerprint density at radius 1 is 0.750 bits per heavy atom. The van der Waals surface area contributed by atoms with Crippen LogP contribution in [0.3, 0.4) is 0 Å². The topological polar surface area (TPSA) is 29.3 Å². The van der Waals surface area contributed by atoms with Crippen molar-refractivity contribution in [3.05, 3.63) is 59.7 Å². The van der Waals surface area contributed by atoms with Crippen LogP contribution in [0.4, 0.5) is 11.4 Å². The molecule has 2 nitrogen and oxygen atoms in total. The molecule has 2 N–H and O–H groups in total. The van der Waals surface area contributed by atoms with Crippen LogP contribution >= 0.6 is 0 Å². The molecule has 132 valence electrons. The summed E-state index contributed by atoms with van der Waals surface area (Å²) >= 11 is 0. The van der Waals surface area contributed by atoms with E-state index in [1.54, 1.807) is 0 Å². The average Bonchev–Trinajstić information content (AvgIpc) is 2.61. The number of hydrogen-bond donors (Lipinski definition) is 1. The minimum absolute atomic E-state index is 0.966. The van der Waals surface area contributed by atoms with Gasteiger partial charge in [0.1, 0.15) is 0 Å². The monoisotopic (exact) mass is 326 g/mol. The highest BCUT2D eigenvalue weighted by Gasteiger charge is 2.03. The van der Waals surface area contributed by atoms with Crippen LogP contribution in [-0.2, 0) is 12.8 Å². The lowest BCUT2D eigenvalue weighted by Gasteiger charge is -2.20. The number of anilines is 2. The second kappa shape index (κ2) is 11.6. The Hall–Kier alpha value is -1.96. The summed E-state index contributed by atoms with van der Waals surface area (Å²) in [6.07, 6.45) is 4.63. The van der Waals surface area contributed by atoms with Gasteiger partial charge >= 0.3 is 0 Å². The van der Waals surface area contributed by atoms with Crippen LogP contribution < -0.4 is 10.6 Å². The fraction of sp³-hybridized carbons (Fsp3) is 0.455. The Labute approximate surface area is 148 Å². The molecule has 0 bridgehead atoms. The lowest BCUT2D eigenvalue weighted by Crippen LogP contribution is -2.21. The summed E-state index contributed by atoms with van der Waals surface area (Å²) in [6, 6.07) is 16.8. The van der Waals surface area contributed by atoms with Crippen molar-refractivity contribution < 1.29 is 0 Å². The number of benzene rings is 2. The Morgan fingerprint density at radius 2 is 1.38 bits per heavy atom. The maximum absolute atomic E-state index is 5.94. The van der Waals surface area contributed by atoms with Gasteiger partial charge in [-0.1, -0.05) is 57.0 Å². The van der Waals surface area contributed by atoms with E-state index >= 15 is 0 Å². The van der Waals surface area contributed by atoms with Gasteiger partial charge in [-0.05, 0) is 56.0 Å². The molecular formula is C22H34N2. The number of nitrogens with two attached hydrogens (primary N) is 1. The molecule has 0 aliphatic heterocycles. The third-order valence-electron chi connectivity index (χ3n) is 4.21. The fourth-order valence-corrected chi connectivity index (χ4v) is 2.94. The number of aryl methyl sites for hydroxylation is 1. The highest BCUT2D eigenvalue weighted by molar-refractivity contribution is 5.51. The van der Waals surface area contributed by atoms with Crippen molar-refractivity contribution in [2.24, 2.45) is 0 Å². The van der Waals surface area contributed by atoms with Crippen molar-refractivity contribution in [3.63, 3.8) is 0 Å². The van der Waals surface area contributed by atoms with Gasteiger partial charge in [-0.3, -0.25) is 0 Å². The van der Waals surface area contributed by atoms with Gasteiger partial charge in [0, 0.05) is 24.5 Å². The van der Waals surface area contributed by atoms with Crippen molar-refractivity contribution in [1.29, 1.82) is 0 Å². The van der Waals surface area contributed by atoms with Crippen molar-refractivity contribution >= 4 is 11.4 Å². The minimum Gasteiger partial charge on any atom is -0.398 e. The summed E-state index contributed by atoms with van der Waals surface area (Å²) in [5.74, 6) is 0. The van der Waals surface area contributed by atoms with Crippen molar-refractivity contribution in [2.45, 2.75) is 53.4 Å². The Bertz CT molecular complexity index is 559. The van der Waals surface area contributed by atoms with Gasteiger partial charge in [-0.25, -0.2) is 0 Å². The van der Waals surface area contributed by atoms with Gasteiger partial charge in [-0.15, -0.1) is 0 Å². The van der Waals surface area contributed by atoms with Gasteiger partial charge in [-0.2, -0.15) is 0 Å². The first kappa shape index (κ1) is 20.1. The molecule has 0 aromatic heterocycles. The molecule has 0 unspecified atom stereocenters. The first-order chi connectivity index (χ1) is 11.7. The highest BCUT2D eigenvalue weighted by atomic mass is 15.1. The summed E-state index contributed by atoms with van der Waals surface area (Å²) in [6.45, 7) is 10.9. The highest BCUT2D eigenvalue weighted by Crippen LogP contribution is 2.20. The first-order valence-corrected chi connectivity index (χ1v) is 9.33. The van der Waals surface area contributed by atoms with E-state index in [0.717, 1.165) is 31.6 Å². The zero-order chi connectivity index (χ0) is 17.8. The van der Waals surface area contributed by atoms with Gasteiger partial charge in [0.25, 0.3) is 0 Å². The third kappa shape index (κ3) is 6.27. The molecule has 2 rings (SSSR count).